The van der Waals surface area contributed by atoms with Crippen LogP contribution < -0.4 is 4.89 Å². The number of likely N-dealkylation sites (N-methyl/N-ethyl adjacent to an activating group) is 1. The minimum absolute atomic E-state index is 0.0273. The molecule has 0 aliphatic heterocycles. The van der Waals surface area contributed by atoms with Gasteiger partial charge in [-0.1, -0.05) is 269 Å². The van der Waals surface area contributed by atoms with Crippen LogP contribution in [-0.4, -0.2) is 70.7 Å². The van der Waals surface area contributed by atoms with Crippen LogP contribution in [0.5, 0.6) is 0 Å². The van der Waals surface area contributed by atoms with Crippen molar-refractivity contribution in [3.05, 3.63) is 36.5 Å². The van der Waals surface area contributed by atoms with E-state index in [1.54, 1.807) is 0 Å². The first-order valence-corrected chi connectivity index (χ1v) is 31.7. The number of quaternary nitrogens is 1. The first-order valence-electron chi connectivity index (χ1n) is 30.2. The summed E-state index contributed by atoms with van der Waals surface area (Å²) in [5.41, 5.74) is 0. The molecule has 0 aromatic heterocycles. The van der Waals surface area contributed by atoms with Gasteiger partial charge >= 0.3 is 5.97 Å². The molecule has 0 aliphatic rings. The molecule has 0 rings (SSSR count). The minimum Gasteiger partial charge on any atom is -0.756 e. The van der Waals surface area contributed by atoms with Crippen molar-refractivity contribution in [3.8, 4) is 0 Å². The Labute approximate surface area is 435 Å². The van der Waals surface area contributed by atoms with Crippen molar-refractivity contribution in [2.75, 3.05) is 54.1 Å². The molecule has 9 heteroatoms. The summed E-state index contributed by atoms with van der Waals surface area (Å²) in [5.74, 6) is -0.328. The van der Waals surface area contributed by atoms with Crippen LogP contribution in [0.2, 0.25) is 0 Å². The van der Waals surface area contributed by atoms with E-state index in [4.69, 9.17) is 18.5 Å². The second-order valence-electron chi connectivity index (χ2n) is 21.7. The number of rotatable bonds is 57. The Morgan fingerprint density at radius 1 is 0.443 bits per heavy atom. The maximum Gasteiger partial charge on any atom is 0.306 e. The summed E-state index contributed by atoms with van der Waals surface area (Å²) in [6.07, 6.45) is 67.6. The first-order chi connectivity index (χ1) is 34.1. The van der Waals surface area contributed by atoms with Crippen molar-refractivity contribution in [2.24, 2.45) is 0 Å². The van der Waals surface area contributed by atoms with Gasteiger partial charge in [0.15, 0.2) is 0 Å². The Morgan fingerprint density at radius 3 is 1.17 bits per heavy atom. The number of phosphoric acid groups is 1. The molecule has 0 amide bonds. The number of phosphoric ester groups is 1. The standard InChI is InChI=1S/C61H118NO7P/c1-6-8-10-12-14-16-18-20-22-24-26-28-30-31-32-33-35-37-39-41-43-45-47-49-51-53-56-66-58-60(59-68-70(64,65)67-57-55-62(3,4)5)69-61(63)54-52-50-48-46-44-42-40-38-36-34-29-27-25-23-21-19-17-15-13-11-9-7-2/h18,20,24,26,30-31,60H,6-17,19,21-23,25,27-29,32-59H2,1-5H3/b20-18-,26-24-,31-30-. The fourth-order valence-electron chi connectivity index (χ4n) is 8.79. The molecule has 0 saturated carbocycles. The summed E-state index contributed by atoms with van der Waals surface area (Å²) in [6, 6.07) is 0. The van der Waals surface area contributed by atoms with E-state index in [2.05, 4.69) is 50.3 Å². The summed E-state index contributed by atoms with van der Waals surface area (Å²) in [5, 5.41) is 0. The zero-order chi connectivity index (χ0) is 51.2. The highest BCUT2D eigenvalue weighted by molar-refractivity contribution is 7.45. The molecule has 0 saturated heterocycles. The highest BCUT2D eigenvalue weighted by Crippen LogP contribution is 2.38. The third-order valence-electron chi connectivity index (χ3n) is 13.4. The fourth-order valence-corrected chi connectivity index (χ4v) is 9.52. The second-order valence-corrected chi connectivity index (χ2v) is 23.1. The lowest BCUT2D eigenvalue weighted by Gasteiger charge is -2.28. The summed E-state index contributed by atoms with van der Waals surface area (Å²) < 4.78 is 34.9. The number of carbonyl (C=O) groups is 1. The van der Waals surface area contributed by atoms with Crippen LogP contribution in [0.15, 0.2) is 36.5 Å². The third kappa shape index (κ3) is 57.6. The lowest BCUT2D eigenvalue weighted by molar-refractivity contribution is -0.870. The molecule has 0 aromatic carbocycles. The minimum atomic E-state index is -4.53. The molecule has 414 valence electrons. The first kappa shape index (κ1) is 68.7. The van der Waals surface area contributed by atoms with Gasteiger partial charge in [-0.15, -0.1) is 0 Å². The topological polar surface area (TPSA) is 94.1 Å². The zero-order valence-corrected chi connectivity index (χ0v) is 48.1. The Morgan fingerprint density at radius 2 is 0.786 bits per heavy atom. The molecule has 0 bridgehead atoms. The van der Waals surface area contributed by atoms with E-state index in [9.17, 15) is 14.3 Å². The van der Waals surface area contributed by atoms with E-state index in [0.717, 1.165) is 44.9 Å². The van der Waals surface area contributed by atoms with Crippen molar-refractivity contribution in [2.45, 2.75) is 296 Å². The molecule has 2 unspecified atom stereocenters. The smallest absolute Gasteiger partial charge is 0.306 e. The molecule has 70 heavy (non-hydrogen) atoms. The number of carbonyl (C=O) groups excluding carboxylic acids is 1. The number of nitrogens with zero attached hydrogens (tertiary/aromatic N) is 1. The van der Waals surface area contributed by atoms with Gasteiger partial charge in [0, 0.05) is 13.0 Å². The number of ether oxygens (including phenoxy) is 2. The van der Waals surface area contributed by atoms with Gasteiger partial charge in [-0.3, -0.25) is 9.36 Å². The molecule has 0 aliphatic carbocycles. The SMILES string of the molecule is CCCCCCC/C=C\C/C=C\C/C=C\CCCCCCCCCCCCCOCC(COP(=O)([O-])OCC[N+](C)(C)C)OC(=O)CCCCCCCCCCCCCCCCCCCCCCCC. The van der Waals surface area contributed by atoms with Gasteiger partial charge in [-0.25, -0.2) is 0 Å². The van der Waals surface area contributed by atoms with E-state index in [0.29, 0.717) is 24.1 Å². The van der Waals surface area contributed by atoms with Gasteiger partial charge < -0.3 is 27.9 Å². The molecule has 0 radical (unpaired) electrons. The Hall–Kier alpha value is -1.28. The normalized spacial score (nSPS) is 13.6. The van der Waals surface area contributed by atoms with Crippen molar-refractivity contribution < 1.29 is 37.3 Å². The van der Waals surface area contributed by atoms with Crippen LogP contribution in [0.4, 0.5) is 0 Å². The molecule has 0 N–H and O–H groups in total. The second kappa shape index (κ2) is 54.0. The van der Waals surface area contributed by atoms with E-state index in [1.807, 2.05) is 21.1 Å². The average Bonchev–Trinajstić information content (AvgIpc) is 3.32. The number of hydrogen-bond donors (Lipinski definition) is 0. The molecular weight excluding hydrogens is 890 g/mol. The van der Waals surface area contributed by atoms with Gasteiger partial charge in [0.25, 0.3) is 7.82 Å². The van der Waals surface area contributed by atoms with E-state index >= 15 is 0 Å². The highest BCUT2D eigenvalue weighted by Gasteiger charge is 2.20. The number of allylic oxidation sites excluding steroid dienone is 6. The Kier molecular flexibility index (Phi) is 53.0. The molecule has 2 atom stereocenters. The van der Waals surface area contributed by atoms with Gasteiger partial charge in [0.05, 0.1) is 34.4 Å². The molecule has 0 aromatic rings. The fraction of sp³-hybridized carbons (Fsp3) is 0.885. The quantitative estimate of drug-likeness (QED) is 0.0197. The molecular formula is C61H118NO7P. The van der Waals surface area contributed by atoms with Gasteiger partial charge in [0.2, 0.25) is 0 Å². The molecule has 0 spiro atoms. The molecule has 0 fully saturated rings. The largest absolute Gasteiger partial charge is 0.756 e. The van der Waals surface area contributed by atoms with Crippen LogP contribution in [0.25, 0.3) is 0 Å². The molecule has 0 heterocycles. The summed E-state index contributed by atoms with van der Waals surface area (Å²) in [6.45, 7) is 5.46. The van der Waals surface area contributed by atoms with E-state index < -0.39 is 13.9 Å². The Bertz CT molecular complexity index is 1220. The lowest BCUT2D eigenvalue weighted by Crippen LogP contribution is -2.37. The van der Waals surface area contributed by atoms with Crippen molar-refractivity contribution in [1.29, 1.82) is 0 Å². The monoisotopic (exact) mass is 1010 g/mol. The van der Waals surface area contributed by atoms with Crippen LogP contribution in [-0.2, 0) is 27.9 Å². The summed E-state index contributed by atoms with van der Waals surface area (Å²) >= 11 is 0. The predicted octanol–water partition coefficient (Wildman–Crippen LogP) is 18.6. The maximum atomic E-state index is 12.8. The maximum absolute atomic E-state index is 12.8. The lowest BCUT2D eigenvalue weighted by atomic mass is 10.0. The van der Waals surface area contributed by atoms with Crippen molar-refractivity contribution in [3.63, 3.8) is 0 Å². The van der Waals surface area contributed by atoms with Crippen molar-refractivity contribution >= 4 is 13.8 Å². The van der Waals surface area contributed by atoms with Gasteiger partial charge in [0.1, 0.15) is 19.3 Å². The van der Waals surface area contributed by atoms with Crippen LogP contribution in [0.3, 0.4) is 0 Å². The van der Waals surface area contributed by atoms with Crippen LogP contribution in [0, 0.1) is 0 Å². The van der Waals surface area contributed by atoms with Crippen molar-refractivity contribution in [1.82, 2.24) is 0 Å². The average molecular weight is 1010 g/mol. The highest BCUT2D eigenvalue weighted by atomic mass is 31.2. The Balaban J connectivity index is 4.03. The predicted molar refractivity (Wildman–Crippen MR) is 300 cm³/mol. The van der Waals surface area contributed by atoms with E-state index in [1.165, 1.54) is 225 Å². The number of hydrogen-bond acceptors (Lipinski definition) is 7. The number of esters is 1. The number of unbranched alkanes of at least 4 members (excludes halogenated alkanes) is 37. The zero-order valence-electron chi connectivity index (χ0n) is 47.2. The van der Waals surface area contributed by atoms with Gasteiger partial charge in [-0.2, -0.15) is 0 Å². The van der Waals surface area contributed by atoms with Crippen LogP contribution in [0.1, 0.15) is 290 Å². The summed E-state index contributed by atoms with van der Waals surface area (Å²) in [4.78, 5) is 25.3. The van der Waals surface area contributed by atoms with Crippen LogP contribution >= 0.6 is 7.82 Å². The van der Waals surface area contributed by atoms with E-state index in [-0.39, 0.29) is 25.8 Å². The summed E-state index contributed by atoms with van der Waals surface area (Å²) in [7, 11) is 1.37. The molecule has 8 nitrogen and oxygen atoms in total. The third-order valence-corrected chi connectivity index (χ3v) is 14.4. The van der Waals surface area contributed by atoms with Gasteiger partial charge in [-0.05, 0) is 51.4 Å².